The number of amides is 1. The Labute approximate surface area is 159 Å². The quantitative estimate of drug-likeness (QED) is 0.665. The number of aromatic nitrogens is 1. The highest BCUT2D eigenvalue weighted by molar-refractivity contribution is 6.08. The van der Waals surface area contributed by atoms with Gasteiger partial charge in [0.2, 0.25) is 0 Å². The van der Waals surface area contributed by atoms with Crippen molar-refractivity contribution in [2.75, 3.05) is 0 Å². The lowest BCUT2D eigenvalue weighted by atomic mass is 9.81. The van der Waals surface area contributed by atoms with Crippen LogP contribution >= 0.6 is 0 Å². The molecule has 1 aliphatic rings. The Balaban J connectivity index is 1.40. The molecule has 1 heterocycles. The zero-order valence-electron chi connectivity index (χ0n) is 15.5. The van der Waals surface area contributed by atoms with Crippen molar-refractivity contribution < 1.29 is 9.59 Å². The summed E-state index contributed by atoms with van der Waals surface area (Å²) in [6, 6.07) is 17.5. The smallest absolute Gasteiger partial charge is 0.253 e. The van der Waals surface area contributed by atoms with Crippen LogP contribution in [0.4, 0.5) is 0 Å². The summed E-state index contributed by atoms with van der Waals surface area (Å²) >= 11 is 0. The van der Waals surface area contributed by atoms with Crippen molar-refractivity contribution in [2.45, 2.75) is 38.6 Å². The third-order valence-electron chi connectivity index (χ3n) is 5.61. The van der Waals surface area contributed by atoms with Crippen molar-refractivity contribution in [2.24, 2.45) is 5.92 Å². The van der Waals surface area contributed by atoms with E-state index in [9.17, 15) is 9.59 Å². The fourth-order valence-electron chi connectivity index (χ4n) is 4.16. The molecular weight excluding hydrogens is 336 g/mol. The molecule has 4 rings (SSSR count). The summed E-state index contributed by atoms with van der Waals surface area (Å²) in [5, 5.41) is 4.14. The zero-order chi connectivity index (χ0) is 18.8. The first kappa shape index (κ1) is 17.5. The number of nitrogens with one attached hydrogen (secondary N) is 2. The number of benzene rings is 2. The molecule has 1 amide bonds. The van der Waals surface area contributed by atoms with Gasteiger partial charge in [0.05, 0.1) is 5.56 Å². The van der Waals surface area contributed by atoms with Crippen molar-refractivity contribution in [1.29, 1.82) is 0 Å². The van der Waals surface area contributed by atoms with E-state index in [4.69, 9.17) is 0 Å². The summed E-state index contributed by atoms with van der Waals surface area (Å²) in [6.45, 7) is 1.93. The first-order valence-corrected chi connectivity index (χ1v) is 9.61. The van der Waals surface area contributed by atoms with Gasteiger partial charge in [0.15, 0.2) is 5.78 Å². The number of hydrogen-bond donors (Lipinski definition) is 2. The van der Waals surface area contributed by atoms with Gasteiger partial charge < -0.3 is 10.3 Å². The van der Waals surface area contributed by atoms with Gasteiger partial charge >= 0.3 is 0 Å². The second-order valence-electron chi connectivity index (χ2n) is 7.42. The van der Waals surface area contributed by atoms with E-state index in [1.165, 1.54) is 0 Å². The lowest BCUT2D eigenvalue weighted by molar-refractivity contribution is 0.0862. The third-order valence-corrected chi connectivity index (χ3v) is 5.61. The number of carbonyl (C=O) groups is 2. The maximum absolute atomic E-state index is 12.8. The Morgan fingerprint density at radius 2 is 1.59 bits per heavy atom. The predicted molar refractivity (Wildman–Crippen MR) is 107 cm³/mol. The van der Waals surface area contributed by atoms with Crippen LogP contribution < -0.4 is 5.32 Å². The number of rotatable bonds is 4. The number of H-pyrrole nitrogens is 1. The van der Waals surface area contributed by atoms with Crippen molar-refractivity contribution in [3.63, 3.8) is 0 Å². The molecule has 2 aromatic carbocycles. The van der Waals surface area contributed by atoms with Gasteiger partial charge in [-0.1, -0.05) is 48.5 Å². The first-order chi connectivity index (χ1) is 13.1. The minimum atomic E-state index is -0.0252. The van der Waals surface area contributed by atoms with Crippen LogP contribution in [0.5, 0.6) is 0 Å². The number of para-hydroxylation sites is 1. The van der Waals surface area contributed by atoms with Crippen LogP contribution in [0, 0.1) is 12.8 Å². The number of aryl methyl sites for hydroxylation is 1. The molecule has 0 radical (unpaired) electrons. The van der Waals surface area contributed by atoms with E-state index in [1.807, 2.05) is 61.5 Å². The number of hydrogen-bond acceptors (Lipinski definition) is 2. The Morgan fingerprint density at radius 1 is 0.926 bits per heavy atom. The SMILES string of the molecule is Cc1[nH]c2ccccc2c1C(=O)N[C@H]1CC[C@H](C(=O)c2ccccc2)CC1. The number of Topliss-reactive ketones (excluding diaryl/α,β-unsaturated/α-hetero) is 1. The highest BCUT2D eigenvalue weighted by Crippen LogP contribution is 2.28. The van der Waals surface area contributed by atoms with Gasteiger partial charge in [-0.05, 0) is 38.7 Å². The van der Waals surface area contributed by atoms with Crippen molar-refractivity contribution in [3.8, 4) is 0 Å². The summed E-state index contributed by atoms with van der Waals surface area (Å²) in [5.41, 5.74) is 3.39. The summed E-state index contributed by atoms with van der Waals surface area (Å²) in [6.07, 6.45) is 3.34. The molecule has 138 valence electrons. The molecule has 0 unspecified atom stereocenters. The van der Waals surface area contributed by atoms with E-state index in [0.29, 0.717) is 0 Å². The van der Waals surface area contributed by atoms with Gasteiger partial charge in [-0.2, -0.15) is 0 Å². The number of carbonyl (C=O) groups excluding carboxylic acids is 2. The molecule has 1 aliphatic carbocycles. The van der Waals surface area contributed by atoms with E-state index >= 15 is 0 Å². The van der Waals surface area contributed by atoms with Crippen LogP contribution in [0.3, 0.4) is 0 Å². The molecule has 1 saturated carbocycles. The van der Waals surface area contributed by atoms with Crippen LogP contribution in [-0.4, -0.2) is 22.7 Å². The van der Waals surface area contributed by atoms with E-state index < -0.39 is 0 Å². The van der Waals surface area contributed by atoms with E-state index in [2.05, 4.69) is 10.3 Å². The standard InChI is InChI=1S/C23H24N2O2/c1-15-21(19-9-5-6-10-20(19)24-15)23(27)25-18-13-11-17(12-14-18)22(26)16-7-3-2-4-8-16/h2-10,17-18,24H,11-14H2,1H3,(H,25,27)/t17-,18-. The maximum Gasteiger partial charge on any atom is 0.253 e. The lowest BCUT2D eigenvalue weighted by Gasteiger charge is -2.28. The van der Waals surface area contributed by atoms with Gasteiger partial charge in [-0.25, -0.2) is 0 Å². The van der Waals surface area contributed by atoms with E-state index in [1.54, 1.807) is 0 Å². The molecule has 3 aromatic rings. The van der Waals surface area contributed by atoms with Crippen molar-refractivity contribution in [3.05, 3.63) is 71.4 Å². The topological polar surface area (TPSA) is 62.0 Å². The van der Waals surface area contributed by atoms with Crippen molar-refractivity contribution in [1.82, 2.24) is 10.3 Å². The summed E-state index contributed by atoms with van der Waals surface area (Å²) in [4.78, 5) is 28.7. The van der Waals surface area contributed by atoms with Gasteiger partial charge in [0.25, 0.3) is 5.91 Å². The molecule has 27 heavy (non-hydrogen) atoms. The molecular formula is C23H24N2O2. The van der Waals surface area contributed by atoms with Gasteiger partial charge in [-0.3, -0.25) is 9.59 Å². The fourth-order valence-corrected chi connectivity index (χ4v) is 4.16. The van der Waals surface area contributed by atoms with E-state index in [-0.39, 0.29) is 23.7 Å². The Bertz CT molecular complexity index is 966. The second-order valence-corrected chi connectivity index (χ2v) is 7.42. The number of fused-ring (bicyclic) bond motifs is 1. The predicted octanol–water partition coefficient (Wildman–Crippen LogP) is 4.65. The average Bonchev–Trinajstić information content (AvgIpc) is 3.04. The van der Waals surface area contributed by atoms with Crippen LogP contribution in [0.15, 0.2) is 54.6 Å². The van der Waals surface area contributed by atoms with E-state index in [0.717, 1.165) is 53.4 Å². The molecule has 4 heteroatoms. The lowest BCUT2D eigenvalue weighted by Crippen LogP contribution is -2.38. The van der Waals surface area contributed by atoms with Crippen LogP contribution in [-0.2, 0) is 0 Å². The van der Waals surface area contributed by atoms with Gasteiger partial charge in [0.1, 0.15) is 0 Å². The molecule has 0 saturated heterocycles. The normalized spacial score (nSPS) is 19.7. The maximum atomic E-state index is 12.8. The first-order valence-electron chi connectivity index (χ1n) is 9.61. The average molecular weight is 360 g/mol. The minimum absolute atomic E-state index is 0.0252. The second kappa shape index (κ2) is 7.39. The molecule has 0 atom stereocenters. The highest BCUT2D eigenvalue weighted by Gasteiger charge is 2.28. The largest absolute Gasteiger partial charge is 0.358 e. The fraction of sp³-hybridized carbons (Fsp3) is 0.304. The summed E-state index contributed by atoms with van der Waals surface area (Å²) < 4.78 is 0. The zero-order valence-corrected chi connectivity index (χ0v) is 15.5. The summed E-state index contributed by atoms with van der Waals surface area (Å²) in [7, 11) is 0. The molecule has 0 bridgehead atoms. The monoisotopic (exact) mass is 360 g/mol. The third kappa shape index (κ3) is 3.52. The van der Waals surface area contributed by atoms with Crippen LogP contribution in [0.2, 0.25) is 0 Å². The highest BCUT2D eigenvalue weighted by atomic mass is 16.1. The number of aromatic amines is 1. The Kier molecular flexibility index (Phi) is 4.80. The molecule has 0 spiro atoms. The molecule has 2 N–H and O–H groups in total. The van der Waals surface area contributed by atoms with Crippen LogP contribution in [0.25, 0.3) is 10.9 Å². The minimum Gasteiger partial charge on any atom is -0.358 e. The summed E-state index contributed by atoms with van der Waals surface area (Å²) in [5.74, 6) is 0.269. The van der Waals surface area contributed by atoms with Crippen molar-refractivity contribution >= 4 is 22.6 Å². The number of ketones is 1. The van der Waals surface area contributed by atoms with Gasteiger partial charge in [-0.15, -0.1) is 0 Å². The van der Waals surface area contributed by atoms with Crippen LogP contribution in [0.1, 0.15) is 52.1 Å². The Hall–Kier alpha value is -2.88. The molecule has 4 nitrogen and oxygen atoms in total. The molecule has 1 aromatic heterocycles. The van der Waals surface area contributed by atoms with Gasteiger partial charge in [0, 0.05) is 34.1 Å². The molecule has 0 aliphatic heterocycles. The molecule has 1 fully saturated rings. The Morgan fingerprint density at radius 3 is 2.33 bits per heavy atom.